The summed E-state index contributed by atoms with van der Waals surface area (Å²) < 4.78 is 29.4. The van der Waals surface area contributed by atoms with Gasteiger partial charge in [-0.05, 0) is 19.0 Å². The molecule has 1 heterocycles. The Morgan fingerprint density at radius 3 is 2.38 bits per heavy atom. The van der Waals surface area contributed by atoms with E-state index in [9.17, 15) is 13.2 Å². The summed E-state index contributed by atoms with van der Waals surface area (Å²) >= 11 is 0. The fourth-order valence-electron chi connectivity index (χ4n) is 2.55. The molecule has 0 aliphatic carbocycles. The van der Waals surface area contributed by atoms with Crippen molar-refractivity contribution in [3.63, 3.8) is 0 Å². The van der Waals surface area contributed by atoms with Crippen molar-refractivity contribution in [3.8, 4) is 0 Å². The smallest absolute Gasteiger partial charge is 0.277 e. The van der Waals surface area contributed by atoms with Crippen LogP contribution in [0.5, 0.6) is 0 Å². The predicted octanol–water partition coefficient (Wildman–Crippen LogP) is 0.336. The molecule has 1 unspecified atom stereocenters. The summed E-state index contributed by atoms with van der Waals surface area (Å²) in [7, 11) is -1.74. The molecule has 0 aromatic heterocycles. The average Bonchev–Trinajstić information content (AvgIpc) is 2.59. The first kappa shape index (κ1) is 18.9. The van der Waals surface area contributed by atoms with Gasteiger partial charge in [-0.2, -0.15) is 13.1 Å². The van der Waals surface area contributed by atoms with E-state index in [0.717, 1.165) is 13.1 Å². The van der Waals surface area contributed by atoms with E-state index in [1.54, 1.807) is 29.2 Å². The number of carbonyl (C=O) groups is 1. The highest BCUT2D eigenvalue weighted by Crippen LogP contribution is 2.18. The van der Waals surface area contributed by atoms with Crippen LogP contribution in [0.4, 0.5) is 0 Å². The number of rotatable bonds is 7. The first-order valence-electron chi connectivity index (χ1n) is 8.22. The lowest BCUT2D eigenvalue weighted by Crippen LogP contribution is -2.52. The zero-order valence-corrected chi connectivity index (χ0v) is 15.1. The van der Waals surface area contributed by atoms with Crippen LogP contribution >= 0.6 is 0 Å². The van der Waals surface area contributed by atoms with Crippen molar-refractivity contribution in [2.24, 2.45) is 0 Å². The van der Waals surface area contributed by atoms with Crippen molar-refractivity contribution in [3.05, 3.63) is 35.9 Å². The minimum absolute atomic E-state index is 0.212. The van der Waals surface area contributed by atoms with Crippen LogP contribution in [-0.2, 0) is 15.0 Å². The first-order valence-corrected chi connectivity index (χ1v) is 9.70. The number of hydrogen-bond acceptors (Lipinski definition) is 4. The maximum atomic E-state index is 12.9. The molecule has 1 aliphatic heterocycles. The minimum atomic E-state index is -3.74. The number of likely N-dealkylation sites (N-methyl/N-ethyl adjacent to an activating group) is 1. The molecule has 1 aromatic carbocycles. The van der Waals surface area contributed by atoms with Gasteiger partial charge in [0, 0.05) is 32.7 Å². The third-order valence-corrected chi connectivity index (χ3v) is 5.14. The van der Waals surface area contributed by atoms with Gasteiger partial charge >= 0.3 is 0 Å². The molecule has 0 bridgehead atoms. The van der Waals surface area contributed by atoms with Crippen LogP contribution in [0.1, 0.15) is 24.9 Å². The van der Waals surface area contributed by atoms with E-state index < -0.39 is 16.3 Å². The molecule has 134 valence electrons. The standard InChI is InChI=1S/C16H26N4O3S/c1-3-9-17-24(22,23)18-15(14-7-5-4-6-8-14)16(21)20-12-10-19(2)11-13-20/h4-8,15,17-18H,3,9-13H2,1-2H3. The molecule has 1 aliphatic rings. The third-order valence-electron chi connectivity index (χ3n) is 4.01. The molecule has 1 aromatic rings. The minimum Gasteiger partial charge on any atom is -0.338 e. The number of hydrogen-bond donors (Lipinski definition) is 2. The van der Waals surface area contributed by atoms with E-state index in [-0.39, 0.29) is 5.91 Å². The van der Waals surface area contributed by atoms with Crippen LogP contribution < -0.4 is 9.44 Å². The van der Waals surface area contributed by atoms with Gasteiger partial charge in [0.05, 0.1) is 0 Å². The van der Waals surface area contributed by atoms with Crippen LogP contribution in [0.3, 0.4) is 0 Å². The number of nitrogens with zero attached hydrogens (tertiary/aromatic N) is 2. The van der Waals surface area contributed by atoms with Crippen molar-refractivity contribution < 1.29 is 13.2 Å². The van der Waals surface area contributed by atoms with Gasteiger partial charge in [-0.25, -0.2) is 4.72 Å². The van der Waals surface area contributed by atoms with E-state index in [0.29, 0.717) is 31.6 Å². The molecule has 1 fully saturated rings. The fraction of sp³-hybridized carbons (Fsp3) is 0.562. The van der Waals surface area contributed by atoms with Crippen LogP contribution in [0, 0.1) is 0 Å². The quantitative estimate of drug-likeness (QED) is 0.740. The molecule has 1 saturated heterocycles. The van der Waals surface area contributed by atoms with Crippen LogP contribution in [0.25, 0.3) is 0 Å². The Morgan fingerprint density at radius 2 is 1.79 bits per heavy atom. The van der Waals surface area contributed by atoms with Gasteiger partial charge in [-0.3, -0.25) is 4.79 Å². The lowest BCUT2D eigenvalue weighted by molar-refractivity contribution is -0.134. The normalized spacial score (nSPS) is 17.7. The lowest BCUT2D eigenvalue weighted by Gasteiger charge is -2.34. The first-order chi connectivity index (χ1) is 11.4. The molecule has 0 radical (unpaired) electrons. The highest BCUT2D eigenvalue weighted by Gasteiger charge is 2.30. The zero-order valence-electron chi connectivity index (χ0n) is 14.2. The molecule has 1 amide bonds. The zero-order chi connectivity index (χ0) is 17.6. The second-order valence-electron chi connectivity index (χ2n) is 5.99. The fourth-order valence-corrected chi connectivity index (χ4v) is 3.65. The molecular formula is C16H26N4O3S. The third kappa shape index (κ3) is 5.27. The Kier molecular flexibility index (Phi) is 6.73. The number of piperazine rings is 1. The molecule has 7 nitrogen and oxygen atoms in total. The van der Waals surface area contributed by atoms with Gasteiger partial charge in [0.15, 0.2) is 0 Å². The number of nitrogens with one attached hydrogen (secondary N) is 2. The Bertz CT molecular complexity index is 628. The topological polar surface area (TPSA) is 81.8 Å². The highest BCUT2D eigenvalue weighted by atomic mass is 32.2. The highest BCUT2D eigenvalue weighted by molar-refractivity contribution is 7.87. The van der Waals surface area contributed by atoms with Crippen LogP contribution in [-0.4, -0.2) is 63.9 Å². The summed E-state index contributed by atoms with van der Waals surface area (Å²) in [5.74, 6) is -0.212. The molecule has 2 N–H and O–H groups in total. The monoisotopic (exact) mass is 354 g/mol. The van der Waals surface area contributed by atoms with Gasteiger partial charge in [0.1, 0.15) is 6.04 Å². The predicted molar refractivity (Wildman–Crippen MR) is 93.6 cm³/mol. The second-order valence-corrected chi connectivity index (χ2v) is 7.52. The summed E-state index contributed by atoms with van der Waals surface area (Å²) in [6.45, 7) is 4.99. The Hall–Kier alpha value is -1.48. The summed E-state index contributed by atoms with van der Waals surface area (Å²) in [5, 5.41) is 0. The molecule has 8 heteroatoms. The van der Waals surface area contributed by atoms with Crippen molar-refractivity contribution in [1.82, 2.24) is 19.2 Å². The van der Waals surface area contributed by atoms with E-state index in [1.165, 1.54) is 0 Å². The number of amides is 1. The van der Waals surface area contributed by atoms with E-state index in [1.807, 2.05) is 20.0 Å². The maximum Gasteiger partial charge on any atom is 0.277 e. The Labute approximate surface area is 144 Å². The van der Waals surface area contributed by atoms with Crippen LogP contribution in [0.15, 0.2) is 30.3 Å². The Morgan fingerprint density at radius 1 is 1.17 bits per heavy atom. The molecule has 2 rings (SSSR count). The summed E-state index contributed by atoms with van der Waals surface area (Å²) in [6.07, 6.45) is 0.684. The van der Waals surface area contributed by atoms with Crippen molar-refractivity contribution in [2.45, 2.75) is 19.4 Å². The van der Waals surface area contributed by atoms with Gasteiger partial charge in [0.2, 0.25) is 5.91 Å². The van der Waals surface area contributed by atoms with E-state index in [4.69, 9.17) is 0 Å². The molecule has 0 spiro atoms. The van der Waals surface area contributed by atoms with E-state index >= 15 is 0 Å². The number of benzene rings is 1. The van der Waals surface area contributed by atoms with E-state index in [2.05, 4.69) is 14.3 Å². The lowest BCUT2D eigenvalue weighted by atomic mass is 10.1. The van der Waals surface area contributed by atoms with Crippen molar-refractivity contribution in [1.29, 1.82) is 0 Å². The molecular weight excluding hydrogens is 328 g/mol. The summed E-state index contributed by atoms with van der Waals surface area (Å²) in [6, 6.07) is 8.05. The molecule has 24 heavy (non-hydrogen) atoms. The number of carbonyl (C=O) groups excluding carboxylic acids is 1. The average molecular weight is 354 g/mol. The maximum absolute atomic E-state index is 12.9. The van der Waals surface area contributed by atoms with Crippen molar-refractivity contribution in [2.75, 3.05) is 39.8 Å². The Balaban J connectivity index is 2.18. The van der Waals surface area contributed by atoms with Gasteiger partial charge < -0.3 is 9.80 Å². The largest absolute Gasteiger partial charge is 0.338 e. The van der Waals surface area contributed by atoms with Gasteiger partial charge in [-0.15, -0.1) is 0 Å². The SMILES string of the molecule is CCCNS(=O)(=O)NC(C(=O)N1CCN(C)CC1)c1ccccc1. The van der Waals surface area contributed by atoms with Crippen LogP contribution in [0.2, 0.25) is 0 Å². The van der Waals surface area contributed by atoms with Crippen molar-refractivity contribution >= 4 is 16.1 Å². The van der Waals surface area contributed by atoms with Gasteiger partial charge in [-0.1, -0.05) is 37.3 Å². The summed E-state index contributed by atoms with van der Waals surface area (Å²) in [5.41, 5.74) is 0.642. The molecule has 1 atom stereocenters. The molecule has 0 saturated carbocycles. The van der Waals surface area contributed by atoms with Gasteiger partial charge in [0.25, 0.3) is 10.2 Å². The summed E-state index contributed by atoms with van der Waals surface area (Å²) in [4.78, 5) is 16.8. The second kappa shape index (κ2) is 8.57.